The topological polar surface area (TPSA) is 209 Å². The molecule has 6 aromatic heterocycles. The highest BCUT2D eigenvalue weighted by molar-refractivity contribution is 8.00. The van der Waals surface area contributed by atoms with Crippen LogP contribution in [0.15, 0.2) is 118 Å². The summed E-state index contributed by atoms with van der Waals surface area (Å²) in [5.41, 5.74) is 6.14. The van der Waals surface area contributed by atoms with Crippen molar-refractivity contribution in [3.05, 3.63) is 126 Å². The summed E-state index contributed by atoms with van der Waals surface area (Å²) in [6.45, 7) is 7.62. The molecule has 2 aliphatic heterocycles. The summed E-state index contributed by atoms with van der Waals surface area (Å²) < 4.78 is 23.5. The Morgan fingerprint density at radius 2 is 1.36 bits per heavy atom. The van der Waals surface area contributed by atoms with Crippen molar-refractivity contribution in [2.75, 3.05) is 19.6 Å². The SMILES string of the molecule is C[C@H](O)C(=O)N1CCC(n2cc(-c3cc(Sc4ccc(F)cc4C#N)c4c(C#N)c[n+](-c5ccc(Sc6cc(-c7cnn([C@H]8CNC(C)(C)C8)c7)cn7ncc(C#N)c67)c(C#N)c5)n4c3)cn2)CC1. The zero-order chi connectivity index (χ0) is 48.1. The second kappa shape index (κ2) is 18.0. The molecule has 2 saturated heterocycles. The van der Waals surface area contributed by atoms with Gasteiger partial charge in [-0.15, -0.1) is 4.52 Å². The molecule has 0 saturated carbocycles. The molecule has 16 nitrogen and oxygen atoms in total. The van der Waals surface area contributed by atoms with Crippen molar-refractivity contribution in [3.8, 4) is 52.2 Å². The monoisotopic (exact) mass is 953 g/mol. The van der Waals surface area contributed by atoms with Crippen molar-refractivity contribution in [1.82, 2.24) is 43.9 Å². The van der Waals surface area contributed by atoms with Crippen LogP contribution >= 0.6 is 23.5 Å². The van der Waals surface area contributed by atoms with Gasteiger partial charge >= 0.3 is 0 Å². The molecule has 2 fully saturated rings. The van der Waals surface area contributed by atoms with Crippen molar-refractivity contribution in [3.63, 3.8) is 0 Å². The van der Waals surface area contributed by atoms with Crippen LogP contribution in [-0.4, -0.2) is 80.9 Å². The largest absolute Gasteiger partial charge is 0.384 e. The molecule has 69 heavy (non-hydrogen) atoms. The van der Waals surface area contributed by atoms with Gasteiger partial charge in [-0.1, -0.05) is 28.2 Å². The number of nitriles is 4. The fourth-order valence-corrected chi connectivity index (χ4v) is 11.3. The van der Waals surface area contributed by atoms with Gasteiger partial charge in [0.2, 0.25) is 11.9 Å². The fraction of sp³-hybridized carbons (Fsp3) is 0.260. The Kier molecular flexibility index (Phi) is 11.8. The van der Waals surface area contributed by atoms with E-state index >= 15 is 0 Å². The number of carbonyl (C=O) groups excluding carboxylic acids is 1. The average Bonchev–Trinajstić information content (AvgIpc) is 4.22. The lowest BCUT2D eigenvalue weighted by molar-refractivity contribution is -0.667. The molecule has 2 atom stereocenters. The van der Waals surface area contributed by atoms with Gasteiger partial charge in [0, 0.05) is 97.7 Å². The van der Waals surface area contributed by atoms with E-state index in [9.17, 15) is 35.3 Å². The molecule has 0 unspecified atom stereocenters. The van der Waals surface area contributed by atoms with Crippen molar-refractivity contribution < 1.29 is 19.0 Å². The number of benzene rings is 2. The molecule has 0 aliphatic carbocycles. The molecule has 0 radical (unpaired) electrons. The summed E-state index contributed by atoms with van der Waals surface area (Å²) in [6, 6.07) is 22.7. The number of likely N-dealkylation sites (tertiary alicyclic amines) is 1. The van der Waals surface area contributed by atoms with Crippen molar-refractivity contribution >= 4 is 40.5 Å². The minimum absolute atomic E-state index is 0.0110. The highest BCUT2D eigenvalue weighted by Crippen LogP contribution is 2.40. The van der Waals surface area contributed by atoms with E-state index in [0.717, 1.165) is 40.1 Å². The molecule has 2 aliphatic rings. The molecule has 19 heteroatoms. The number of pyridine rings is 2. The number of nitrogens with one attached hydrogen (secondary N) is 1. The summed E-state index contributed by atoms with van der Waals surface area (Å²) in [6.07, 6.45) is 15.7. The number of amides is 1. The second-order valence-electron chi connectivity index (χ2n) is 17.9. The minimum atomic E-state index is -1.06. The first-order valence-electron chi connectivity index (χ1n) is 22.2. The van der Waals surface area contributed by atoms with Crippen LogP contribution in [0, 0.1) is 51.1 Å². The van der Waals surface area contributed by atoms with E-state index in [1.807, 2.05) is 69.1 Å². The normalized spacial score (nSPS) is 16.3. The predicted octanol–water partition coefficient (Wildman–Crippen LogP) is 7.38. The number of aliphatic hydroxyl groups is 1. The lowest BCUT2D eigenvalue weighted by Crippen LogP contribution is -2.43. The van der Waals surface area contributed by atoms with Crippen LogP contribution in [0.2, 0.25) is 0 Å². The summed E-state index contributed by atoms with van der Waals surface area (Å²) >= 11 is 2.58. The number of fused-ring (bicyclic) bond motifs is 2. The maximum Gasteiger partial charge on any atom is 0.251 e. The van der Waals surface area contributed by atoms with E-state index in [-0.39, 0.29) is 29.1 Å². The Bertz CT molecular complexity index is 3530. The van der Waals surface area contributed by atoms with E-state index in [4.69, 9.17) is 10.2 Å². The molecular formula is C50H42FN14O2S2+. The number of nitrogens with zero attached hydrogens (tertiary/aromatic N) is 13. The number of piperidine rings is 1. The summed E-state index contributed by atoms with van der Waals surface area (Å²) in [4.78, 5) is 16.6. The third kappa shape index (κ3) is 8.58. The molecule has 2 N–H and O–H groups in total. The van der Waals surface area contributed by atoms with Gasteiger partial charge in [-0.2, -0.15) is 36.3 Å². The number of halogens is 1. The summed E-state index contributed by atoms with van der Waals surface area (Å²) in [7, 11) is 0. The highest BCUT2D eigenvalue weighted by atomic mass is 32.2. The molecule has 10 rings (SSSR count). The van der Waals surface area contributed by atoms with E-state index in [0.29, 0.717) is 74.0 Å². The van der Waals surface area contributed by atoms with Gasteiger partial charge in [0.05, 0.1) is 59.1 Å². The van der Waals surface area contributed by atoms with Gasteiger partial charge in [0.25, 0.3) is 5.91 Å². The summed E-state index contributed by atoms with van der Waals surface area (Å²) in [5, 5.41) is 68.8. The molecule has 2 aromatic carbocycles. The lowest BCUT2D eigenvalue weighted by Gasteiger charge is -2.32. The number of rotatable bonds is 10. The number of hydrogen-bond donors (Lipinski definition) is 2. The van der Waals surface area contributed by atoms with E-state index in [1.54, 1.807) is 38.6 Å². The number of carbonyl (C=O) groups is 1. The first-order chi connectivity index (χ1) is 33.3. The van der Waals surface area contributed by atoms with E-state index < -0.39 is 11.9 Å². The number of aromatic nitrogens is 8. The van der Waals surface area contributed by atoms with Gasteiger partial charge in [-0.05, 0) is 76.4 Å². The third-order valence-corrected chi connectivity index (χ3v) is 14.9. The Balaban J connectivity index is 1.03. The average molecular weight is 954 g/mol. The Morgan fingerprint density at radius 1 is 0.754 bits per heavy atom. The van der Waals surface area contributed by atoms with Crippen LogP contribution in [0.5, 0.6) is 0 Å². The minimum Gasteiger partial charge on any atom is -0.384 e. The Labute approximate surface area is 404 Å². The van der Waals surface area contributed by atoms with Crippen molar-refractivity contribution in [2.24, 2.45) is 0 Å². The van der Waals surface area contributed by atoms with Gasteiger partial charge in [-0.3, -0.25) is 14.2 Å². The smallest absolute Gasteiger partial charge is 0.251 e. The molecule has 8 heterocycles. The van der Waals surface area contributed by atoms with Gasteiger partial charge < -0.3 is 15.3 Å². The second-order valence-corrected chi connectivity index (χ2v) is 20.0. The quantitative estimate of drug-likeness (QED) is 0.129. The van der Waals surface area contributed by atoms with Gasteiger partial charge in [0.15, 0.2) is 0 Å². The predicted molar refractivity (Wildman–Crippen MR) is 252 cm³/mol. The molecule has 8 aromatic rings. The van der Waals surface area contributed by atoms with Crippen LogP contribution in [0.25, 0.3) is 39.0 Å². The molecule has 1 amide bonds. The van der Waals surface area contributed by atoms with Crippen LogP contribution in [-0.2, 0) is 4.79 Å². The molecule has 342 valence electrons. The fourth-order valence-electron chi connectivity index (χ4n) is 9.20. The molecule has 0 bridgehead atoms. The van der Waals surface area contributed by atoms with Gasteiger partial charge in [-0.25, -0.2) is 8.91 Å². The van der Waals surface area contributed by atoms with Crippen LogP contribution < -0.4 is 10.00 Å². The highest BCUT2D eigenvalue weighted by Gasteiger charge is 2.32. The van der Waals surface area contributed by atoms with E-state index in [1.165, 1.54) is 48.8 Å². The van der Waals surface area contributed by atoms with E-state index in [2.05, 4.69) is 48.5 Å². The van der Waals surface area contributed by atoms with Crippen LogP contribution in [0.3, 0.4) is 0 Å². The molecule has 0 spiro atoms. The number of aliphatic hydroxyl groups excluding tert-OH is 1. The zero-order valence-electron chi connectivity index (χ0n) is 37.6. The number of hydrogen-bond acceptors (Lipinski definition) is 12. The van der Waals surface area contributed by atoms with Gasteiger partial charge in [0.1, 0.15) is 47.3 Å². The maximum absolute atomic E-state index is 14.3. The summed E-state index contributed by atoms with van der Waals surface area (Å²) in [5.74, 6) is -0.837. The zero-order valence-corrected chi connectivity index (χ0v) is 39.2. The lowest BCUT2D eigenvalue weighted by atomic mass is 10.0. The maximum atomic E-state index is 14.3. The van der Waals surface area contributed by atoms with Crippen LogP contribution in [0.1, 0.15) is 74.4 Å². The standard InChI is InChI=1S/C50H42FN14O2S2/c1-30(66)49(67)60-10-8-40(9-11-60)61-26-38(23-57-61)34-15-46(69-43-6-4-39(51)12-31(43)17-52)48-36(20-55)29-64(65(48)28-34)41-5-7-44(32(13-41)18-53)68-45-14-33(25-63-47(45)35(19-54)21-59-63)37-22-58-62(27-37)42-16-50(2,3)56-24-42/h4-7,12-15,21-23,25-30,40,42,56,66H,8-11,16,24H2,1-3H3/q+1/t30-,42+/m0/s1. The molecular weight excluding hydrogens is 912 g/mol. The van der Waals surface area contributed by atoms with Crippen molar-refractivity contribution in [1.29, 1.82) is 21.0 Å². The van der Waals surface area contributed by atoms with Crippen LogP contribution in [0.4, 0.5) is 4.39 Å². The Morgan fingerprint density at radius 3 is 1.99 bits per heavy atom. The Hall–Kier alpha value is -7.78. The first-order valence-corrected chi connectivity index (χ1v) is 23.8. The third-order valence-electron chi connectivity index (χ3n) is 12.7. The van der Waals surface area contributed by atoms with Crippen molar-refractivity contribution in [2.45, 2.75) is 83.3 Å². The first kappa shape index (κ1) is 45.0.